The molecule has 1 fully saturated rings. The zero-order chi connectivity index (χ0) is 19.4. The lowest BCUT2D eigenvalue weighted by molar-refractivity contribution is -0.113. The normalized spacial score (nSPS) is 15.2. The Kier molecular flexibility index (Phi) is 5.98. The number of rotatable bonds is 6. The zero-order valence-corrected chi connectivity index (χ0v) is 16.6. The summed E-state index contributed by atoms with van der Waals surface area (Å²) >= 11 is 11.2. The van der Waals surface area contributed by atoms with E-state index in [0.717, 1.165) is 12.0 Å². The number of ether oxygens (including phenoxy) is 2. The molecule has 0 spiro atoms. The smallest absolute Gasteiger partial charge is 0.281 e. The van der Waals surface area contributed by atoms with Crippen molar-refractivity contribution >= 4 is 46.6 Å². The van der Waals surface area contributed by atoms with Crippen molar-refractivity contribution in [2.75, 3.05) is 18.6 Å². The summed E-state index contributed by atoms with van der Waals surface area (Å²) in [5.41, 5.74) is 1.85. The summed E-state index contributed by atoms with van der Waals surface area (Å²) in [7, 11) is 1.58. The molecule has 5 nitrogen and oxygen atoms in total. The van der Waals surface area contributed by atoms with E-state index < -0.39 is 0 Å². The number of nitrogens with zero attached hydrogens (tertiary/aromatic N) is 1. The number of methoxy groups -OCH3 is 1. The topological polar surface area (TPSA) is 50.8 Å². The van der Waals surface area contributed by atoms with Gasteiger partial charge in [0.15, 0.2) is 16.6 Å². The molecule has 27 heavy (non-hydrogen) atoms. The van der Waals surface area contributed by atoms with E-state index in [4.69, 9.17) is 33.3 Å². The first-order valence-electron chi connectivity index (χ1n) is 8.47. The Hall–Kier alpha value is -2.57. The van der Waals surface area contributed by atoms with Crippen molar-refractivity contribution in [2.24, 2.45) is 0 Å². The van der Waals surface area contributed by atoms with Crippen LogP contribution in [0.15, 0.2) is 48.2 Å². The molecular weight excluding hydrogens is 384 g/mol. The lowest BCUT2D eigenvalue weighted by Gasteiger charge is -2.13. The lowest BCUT2D eigenvalue weighted by Crippen LogP contribution is -2.30. The zero-order valence-electron chi connectivity index (χ0n) is 15.0. The molecule has 1 heterocycles. The molecule has 0 saturated carbocycles. The highest BCUT2D eigenvalue weighted by Gasteiger charge is 2.31. The lowest BCUT2D eigenvalue weighted by atomic mass is 10.1. The van der Waals surface area contributed by atoms with Gasteiger partial charge in [0.25, 0.3) is 5.91 Å². The Morgan fingerprint density at radius 3 is 2.59 bits per heavy atom. The number of amides is 1. The number of anilines is 1. The summed E-state index contributed by atoms with van der Waals surface area (Å²) < 4.78 is 11.0. The van der Waals surface area contributed by atoms with E-state index in [9.17, 15) is 4.79 Å². The average Bonchev–Trinajstić information content (AvgIpc) is 2.94. The van der Waals surface area contributed by atoms with E-state index in [1.165, 1.54) is 4.90 Å². The number of benzene rings is 2. The van der Waals surface area contributed by atoms with E-state index in [1.807, 2.05) is 25.1 Å². The first-order valence-corrected chi connectivity index (χ1v) is 9.25. The van der Waals surface area contributed by atoms with Crippen molar-refractivity contribution in [3.63, 3.8) is 0 Å². The van der Waals surface area contributed by atoms with Gasteiger partial charge in [0.05, 0.1) is 19.4 Å². The van der Waals surface area contributed by atoms with Gasteiger partial charge in [-0.25, -0.2) is 0 Å². The number of hydrogen-bond donors (Lipinski definition) is 1. The number of halogens is 1. The van der Waals surface area contributed by atoms with Gasteiger partial charge in [-0.3, -0.25) is 9.69 Å². The van der Waals surface area contributed by atoms with Crippen LogP contribution in [0.1, 0.15) is 18.9 Å². The first kappa shape index (κ1) is 19.2. The van der Waals surface area contributed by atoms with Crippen molar-refractivity contribution < 1.29 is 14.3 Å². The van der Waals surface area contributed by atoms with Crippen LogP contribution in [-0.2, 0) is 4.79 Å². The van der Waals surface area contributed by atoms with Gasteiger partial charge >= 0.3 is 0 Å². The third-order valence-corrected chi connectivity index (χ3v) is 4.46. The molecule has 2 aromatic rings. The number of carbonyl (C=O) groups is 1. The second-order valence-electron chi connectivity index (χ2n) is 5.86. The average molecular weight is 403 g/mol. The Morgan fingerprint density at radius 2 is 1.93 bits per heavy atom. The van der Waals surface area contributed by atoms with Crippen LogP contribution in [0.4, 0.5) is 5.69 Å². The molecular formula is C20H19ClN2O3S. The molecule has 1 aliphatic rings. The quantitative estimate of drug-likeness (QED) is 0.573. The minimum absolute atomic E-state index is 0.229. The second kappa shape index (κ2) is 8.41. The van der Waals surface area contributed by atoms with Crippen LogP contribution in [0.2, 0.25) is 5.02 Å². The molecule has 1 aliphatic heterocycles. The minimum Gasteiger partial charge on any atom is -0.493 e. The van der Waals surface area contributed by atoms with E-state index in [2.05, 4.69) is 5.32 Å². The maximum atomic E-state index is 12.8. The highest BCUT2D eigenvalue weighted by Crippen LogP contribution is 2.30. The Bertz CT molecular complexity index is 897. The first-order chi connectivity index (χ1) is 13.0. The summed E-state index contributed by atoms with van der Waals surface area (Å²) in [6.07, 6.45) is 2.64. The Labute approximate surface area is 168 Å². The van der Waals surface area contributed by atoms with Gasteiger partial charge in [-0.15, -0.1) is 0 Å². The van der Waals surface area contributed by atoms with Crippen molar-refractivity contribution in [3.8, 4) is 11.5 Å². The molecule has 140 valence electrons. The minimum atomic E-state index is -0.229. The molecule has 0 bridgehead atoms. The van der Waals surface area contributed by atoms with Crippen LogP contribution in [0, 0.1) is 0 Å². The van der Waals surface area contributed by atoms with E-state index in [1.54, 1.807) is 37.5 Å². The fourth-order valence-electron chi connectivity index (χ4n) is 2.63. The molecule has 1 amide bonds. The molecule has 0 aliphatic carbocycles. The van der Waals surface area contributed by atoms with Crippen LogP contribution in [0.25, 0.3) is 6.08 Å². The fourth-order valence-corrected chi connectivity index (χ4v) is 3.06. The molecule has 0 atom stereocenters. The fraction of sp³-hybridized carbons (Fsp3) is 0.200. The molecule has 1 saturated heterocycles. The van der Waals surface area contributed by atoms with E-state index >= 15 is 0 Å². The molecule has 0 unspecified atom stereocenters. The van der Waals surface area contributed by atoms with Crippen molar-refractivity contribution in [3.05, 3.63) is 58.7 Å². The van der Waals surface area contributed by atoms with Crippen molar-refractivity contribution in [1.29, 1.82) is 0 Å². The van der Waals surface area contributed by atoms with Gasteiger partial charge in [-0.2, -0.15) is 0 Å². The number of carbonyl (C=O) groups excluding carboxylic acids is 1. The third-order valence-electron chi connectivity index (χ3n) is 3.92. The maximum Gasteiger partial charge on any atom is 0.281 e. The van der Waals surface area contributed by atoms with Crippen molar-refractivity contribution in [1.82, 2.24) is 5.32 Å². The number of thiocarbonyl (C=S) groups is 1. The van der Waals surface area contributed by atoms with E-state index in [0.29, 0.717) is 39.6 Å². The second-order valence-corrected chi connectivity index (χ2v) is 6.69. The van der Waals surface area contributed by atoms with Gasteiger partial charge in [0.1, 0.15) is 5.70 Å². The largest absolute Gasteiger partial charge is 0.493 e. The summed E-state index contributed by atoms with van der Waals surface area (Å²) in [5, 5.41) is 3.88. The predicted octanol–water partition coefficient (Wildman–Crippen LogP) is 4.40. The molecule has 0 radical (unpaired) electrons. The van der Waals surface area contributed by atoms with Gasteiger partial charge < -0.3 is 14.8 Å². The van der Waals surface area contributed by atoms with Crippen molar-refractivity contribution in [2.45, 2.75) is 13.3 Å². The summed E-state index contributed by atoms with van der Waals surface area (Å²) in [4.78, 5) is 14.2. The summed E-state index contributed by atoms with van der Waals surface area (Å²) in [6, 6.07) is 12.4. The monoisotopic (exact) mass is 402 g/mol. The highest BCUT2D eigenvalue weighted by atomic mass is 35.5. The van der Waals surface area contributed by atoms with Gasteiger partial charge in [-0.1, -0.05) is 24.6 Å². The number of nitrogens with one attached hydrogen (secondary N) is 1. The molecule has 2 aromatic carbocycles. The Morgan fingerprint density at radius 1 is 1.19 bits per heavy atom. The van der Waals surface area contributed by atoms with Gasteiger partial charge in [0, 0.05) is 5.02 Å². The predicted molar refractivity (Wildman–Crippen MR) is 111 cm³/mol. The van der Waals surface area contributed by atoms with Gasteiger partial charge in [0.2, 0.25) is 0 Å². The van der Waals surface area contributed by atoms with Gasteiger partial charge in [-0.05, 0) is 66.7 Å². The SMILES string of the molecule is CCCOc1ccc(/C=C2\NC(=S)N(c3ccc(Cl)cc3)C2=O)cc1OC. The van der Waals surface area contributed by atoms with Crippen LogP contribution < -0.4 is 19.7 Å². The third kappa shape index (κ3) is 4.23. The van der Waals surface area contributed by atoms with Crippen LogP contribution in [0.3, 0.4) is 0 Å². The standard InChI is InChI=1S/C20H19ClN2O3S/c1-3-10-26-17-9-4-13(12-18(17)25-2)11-16-19(24)23(20(27)22-16)15-7-5-14(21)6-8-15/h4-9,11-12H,3,10H2,1-2H3,(H,22,27)/b16-11-. The molecule has 1 N–H and O–H groups in total. The molecule has 0 aromatic heterocycles. The summed E-state index contributed by atoms with van der Waals surface area (Å²) in [6.45, 7) is 2.65. The molecule has 7 heteroatoms. The number of hydrogen-bond acceptors (Lipinski definition) is 4. The van der Waals surface area contributed by atoms with Crippen LogP contribution >= 0.6 is 23.8 Å². The maximum absolute atomic E-state index is 12.8. The summed E-state index contributed by atoms with van der Waals surface area (Å²) in [5.74, 6) is 1.05. The molecule has 3 rings (SSSR count). The van der Waals surface area contributed by atoms with E-state index in [-0.39, 0.29) is 5.91 Å². The van der Waals surface area contributed by atoms with Crippen LogP contribution in [0.5, 0.6) is 11.5 Å². The Balaban J connectivity index is 1.86. The van der Waals surface area contributed by atoms with Crippen LogP contribution in [-0.4, -0.2) is 24.7 Å². The highest BCUT2D eigenvalue weighted by molar-refractivity contribution is 7.80.